The predicted molar refractivity (Wildman–Crippen MR) is 52.4 cm³/mol. The Labute approximate surface area is 79.4 Å². The first-order valence-corrected chi connectivity index (χ1v) is 4.22. The lowest BCUT2D eigenvalue weighted by molar-refractivity contribution is 0.629. The second-order valence-corrected chi connectivity index (χ2v) is 3.06. The van der Waals surface area contributed by atoms with Gasteiger partial charge in [0.25, 0.3) is 5.56 Å². The van der Waals surface area contributed by atoms with Crippen LogP contribution < -0.4 is 11.3 Å². The summed E-state index contributed by atoms with van der Waals surface area (Å²) in [5.74, 6) is -0.413. The maximum Gasteiger partial charge on any atom is 0.256 e. The van der Waals surface area contributed by atoms with E-state index >= 15 is 0 Å². The van der Waals surface area contributed by atoms with Gasteiger partial charge >= 0.3 is 0 Å². The van der Waals surface area contributed by atoms with Crippen molar-refractivity contribution in [3.63, 3.8) is 0 Å². The molecule has 4 heteroatoms. The number of aromatic nitrogens is 1. The molecule has 2 rings (SSSR count). The number of halogens is 1. The Morgan fingerprint density at radius 2 is 2.14 bits per heavy atom. The van der Waals surface area contributed by atoms with Gasteiger partial charge in [-0.2, -0.15) is 0 Å². The van der Waals surface area contributed by atoms with E-state index in [-0.39, 0.29) is 12.1 Å². The first-order chi connectivity index (χ1) is 6.70. The molecule has 0 aliphatic heterocycles. The van der Waals surface area contributed by atoms with E-state index in [2.05, 4.69) is 4.98 Å². The van der Waals surface area contributed by atoms with Crippen LogP contribution in [-0.2, 0) is 6.54 Å². The summed E-state index contributed by atoms with van der Waals surface area (Å²) >= 11 is 0. The van der Waals surface area contributed by atoms with Crippen LogP contribution in [0, 0.1) is 5.82 Å². The van der Waals surface area contributed by atoms with Gasteiger partial charge in [0.1, 0.15) is 5.82 Å². The van der Waals surface area contributed by atoms with E-state index in [4.69, 9.17) is 5.73 Å². The molecule has 2 aromatic rings. The number of benzene rings is 1. The largest absolute Gasteiger partial charge is 0.325 e. The smallest absolute Gasteiger partial charge is 0.256 e. The molecule has 0 unspecified atom stereocenters. The maximum atomic E-state index is 12.8. The summed E-state index contributed by atoms with van der Waals surface area (Å²) in [5.41, 5.74) is 5.74. The number of aromatic amines is 1. The molecule has 0 bridgehead atoms. The summed E-state index contributed by atoms with van der Waals surface area (Å²) in [6.07, 6.45) is 0. The topological polar surface area (TPSA) is 58.9 Å². The third-order valence-electron chi connectivity index (χ3n) is 2.08. The normalized spacial score (nSPS) is 10.7. The van der Waals surface area contributed by atoms with Gasteiger partial charge in [0, 0.05) is 17.6 Å². The molecule has 1 heterocycles. The summed E-state index contributed by atoms with van der Waals surface area (Å²) in [7, 11) is 0. The zero-order chi connectivity index (χ0) is 10.1. The fourth-order valence-corrected chi connectivity index (χ4v) is 1.40. The van der Waals surface area contributed by atoms with E-state index in [1.54, 1.807) is 12.1 Å². The van der Waals surface area contributed by atoms with Gasteiger partial charge in [-0.1, -0.05) is 6.07 Å². The zero-order valence-corrected chi connectivity index (χ0v) is 7.38. The minimum absolute atomic E-state index is 0.266. The van der Waals surface area contributed by atoms with Crippen LogP contribution in [0.15, 0.2) is 29.1 Å². The Morgan fingerprint density at radius 3 is 2.86 bits per heavy atom. The average Bonchev–Trinajstić information content (AvgIpc) is 2.19. The average molecular weight is 192 g/mol. The first kappa shape index (κ1) is 8.90. The predicted octanol–water partition coefficient (Wildman–Crippen LogP) is 1.13. The SMILES string of the molecule is NCc1cc2ccc(F)cc2c(=O)[nH]1. The monoisotopic (exact) mass is 192 g/mol. The van der Waals surface area contributed by atoms with Crippen LogP contribution in [0.5, 0.6) is 0 Å². The molecule has 0 aliphatic rings. The molecule has 0 aliphatic carbocycles. The molecular formula is C10H9FN2O. The summed E-state index contributed by atoms with van der Waals surface area (Å²) < 4.78 is 12.8. The Hall–Kier alpha value is -1.68. The van der Waals surface area contributed by atoms with E-state index in [0.717, 1.165) is 0 Å². The lowest BCUT2D eigenvalue weighted by Gasteiger charge is -2.00. The lowest BCUT2D eigenvalue weighted by Crippen LogP contribution is -2.11. The van der Waals surface area contributed by atoms with Gasteiger partial charge in [0.15, 0.2) is 0 Å². The lowest BCUT2D eigenvalue weighted by atomic mass is 10.1. The summed E-state index contributed by atoms with van der Waals surface area (Å²) in [4.78, 5) is 14.0. The van der Waals surface area contributed by atoms with Crippen molar-refractivity contribution in [1.29, 1.82) is 0 Å². The molecule has 1 aromatic heterocycles. The van der Waals surface area contributed by atoms with Crippen molar-refractivity contribution in [2.24, 2.45) is 5.73 Å². The maximum absolute atomic E-state index is 12.8. The van der Waals surface area contributed by atoms with Gasteiger partial charge in [0.05, 0.1) is 0 Å². The van der Waals surface area contributed by atoms with E-state index < -0.39 is 5.82 Å². The zero-order valence-electron chi connectivity index (χ0n) is 7.38. The molecule has 3 nitrogen and oxygen atoms in total. The molecule has 0 saturated heterocycles. The third-order valence-corrected chi connectivity index (χ3v) is 2.08. The highest BCUT2D eigenvalue weighted by Crippen LogP contribution is 2.11. The molecule has 0 saturated carbocycles. The van der Waals surface area contributed by atoms with Crippen LogP contribution in [0.1, 0.15) is 5.69 Å². The summed E-state index contributed by atoms with van der Waals surface area (Å²) in [5, 5.41) is 1.05. The molecule has 3 N–H and O–H groups in total. The van der Waals surface area contributed by atoms with Gasteiger partial charge in [-0.15, -0.1) is 0 Å². The second kappa shape index (κ2) is 3.23. The third kappa shape index (κ3) is 1.40. The Morgan fingerprint density at radius 1 is 1.36 bits per heavy atom. The minimum atomic E-state index is -0.413. The fraction of sp³-hybridized carbons (Fsp3) is 0.100. The second-order valence-electron chi connectivity index (χ2n) is 3.06. The molecule has 0 radical (unpaired) electrons. The number of nitrogens with one attached hydrogen (secondary N) is 1. The Balaban J connectivity index is 2.83. The molecular weight excluding hydrogens is 183 g/mol. The van der Waals surface area contributed by atoms with Gasteiger partial charge < -0.3 is 10.7 Å². The molecule has 0 fully saturated rings. The number of rotatable bonds is 1. The van der Waals surface area contributed by atoms with Crippen molar-refractivity contribution in [2.45, 2.75) is 6.54 Å². The van der Waals surface area contributed by atoms with Gasteiger partial charge in [-0.05, 0) is 23.6 Å². The highest BCUT2D eigenvalue weighted by molar-refractivity contribution is 5.81. The van der Waals surface area contributed by atoms with Crippen molar-refractivity contribution >= 4 is 10.8 Å². The number of pyridine rings is 1. The van der Waals surface area contributed by atoms with Crippen molar-refractivity contribution in [3.8, 4) is 0 Å². The minimum Gasteiger partial charge on any atom is -0.325 e. The first-order valence-electron chi connectivity index (χ1n) is 4.22. The van der Waals surface area contributed by atoms with Crippen LogP contribution in [-0.4, -0.2) is 4.98 Å². The number of nitrogens with two attached hydrogens (primary N) is 1. The van der Waals surface area contributed by atoms with Crippen LogP contribution in [0.25, 0.3) is 10.8 Å². The van der Waals surface area contributed by atoms with E-state index in [0.29, 0.717) is 16.5 Å². The molecule has 72 valence electrons. The number of hydrogen-bond acceptors (Lipinski definition) is 2. The van der Waals surface area contributed by atoms with Crippen LogP contribution in [0.3, 0.4) is 0 Å². The van der Waals surface area contributed by atoms with E-state index in [9.17, 15) is 9.18 Å². The van der Waals surface area contributed by atoms with Crippen LogP contribution in [0.2, 0.25) is 0 Å². The van der Waals surface area contributed by atoms with E-state index in [1.165, 1.54) is 12.1 Å². The number of hydrogen-bond donors (Lipinski definition) is 2. The molecule has 0 atom stereocenters. The number of H-pyrrole nitrogens is 1. The summed E-state index contributed by atoms with van der Waals surface area (Å²) in [6, 6.07) is 5.85. The van der Waals surface area contributed by atoms with Crippen molar-refractivity contribution < 1.29 is 4.39 Å². The molecule has 1 aromatic carbocycles. The Kier molecular flexibility index (Phi) is 2.05. The van der Waals surface area contributed by atoms with Crippen molar-refractivity contribution in [1.82, 2.24) is 4.98 Å². The van der Waals surface area contributed by atoms with Gasteiger partial charge in [-0.3, -0.25) is 4.79 Å². The highest BCUT2D eigenvalue weighted by atomic mass is 19.1. The summed E-state index contributed by atoms with van der Waals surface area (Å²) in [6.45, 7) is 0.266. The van der Waals surface area contributed by atoms with Gasteiger partial charge in [0.2, 0.25) is 0 Å². The van der Waals surface area contributed by atoms with Crippen molar-refractivity contribution in [3.05, 3.63) is 46.1 Å². The number of fused-ring (bicyclic) bond motifs is 1. The fourth-order valence-electron chi connectivity index (χ4n) is 1.40. The molecule has 0 spiro atoms. The molecule has 0 amide bonds. The quantitative estimate of drug-likeness (QED) is 0.711. The van der Waals surface area contributed by atoms with Crippen LogP contribution >= 0.6 is 0 Å². The van der Waals surface area contributed by atoms with Crippen molar-refractivity contribution in [2.75, 3.05) is 0 Å². The Bertz CT molecular complexity index is 533. The standard InChI is InChI=1S/C10H9FN2O/c11-7-2-1-6-3-8(5-12)13-10(14)9(6)4-7/h1-4H,5,12H2,(H,13,14). The highest BCUT2D eigenvalue weighted by Gasteiger charge is 2.01. The van der Waals surface area contributed by atoms with Crippen LogP contribution in [0.4, 0.5) is 4.39 Å². The van der Waals surface area contributed by atoms with Gasteiger partial charge in [-0.25, -0.2) is 4.39 Å². The van der Waals surface area contributed by atoms with E-state index in [1.807, 2.05) is 0 Å². The molecule has 14 heavy (non-hydrogen) atoms.